The van der Waals surface area contributed by atoms with Crippen LogP contribution in [-0.4, -0.2) is 34.9 Å². The second-order valence-corrected chi connectivity index (χ2v) is 8.40. The van der Waals surface area contributed by atoms with Gasteiger partial charge < -0.3 is 20.1 Å². The molecule has 0 saturated heterocycles. The van der Waals surface area contributed by atoms with E-state index in [0.29, 0.717) is 34.9 Å². The number of para-hydroxylation sites is 2. The number of benzene rings is 2. The maximum Gasteiger partial charge on any atom is 0.144 e. The fraction of sp³-hybridized carbons (Fsp3) is 0.222. The van der Waals surface area contributed by atoms with Crippen LogP contribution in [0.2, 0.25) is 0 Å². The zero-order valence-corrected chi connectivity index (χ0v) is 17.3. The molecule has 0 fully saturated rings. The highest BCUT2D eigenvalue weighted by Crippen LogP contribution is 2.22. The van der Waals surface area contributed by atoms with Crippen LogP contribution >= 0.6 is 46.0 Å². The summed E-state index contributed by atoms with van der Waals surface area (Å²) in [6, 6.07) is 19.4. The van der Waals surface area contributed by atoms with Gasteiger partial charge >= 0.3 is 0 Å². The summed E-state index contributed by atoms with van der Waals surface area (Å²) in [6.07, 6.45) is 0. The molecular formula is C18H20N2O2S4. The Hall–Kier alpha value is -1.48. The largest absolute Gasteiger partial charge is 0.492 e. The molecule has 0 aliphatic carbocycles. The second kappa shape index (κ2) is 12.8. The lowest BCUT2D eigenvalue weighted by Crippen LogP contribution is -2.26. The lowest BCUT2D eigenvalue weighted by Gasteiger charge is -2.10. The van der Waals surface area contributed by atoms with E-state index < -0.39 is 0 Å². The molecule has 0 amide bonds. The van der Waals surface area contributed by atoms with E-state index in [1.165, 1.54) is 21.6 Å². The zero-order valence-electron chi connectivity index (χ0n) is 14.1. The van der Waals surface area contributed by atoms with E-state index in [0.717, 1.165) is 11.5 Å². The van der Waals surface area contributed by atoms with Crippen molar-refractivity contribution >= 4 is 54.7 Å². The van der Waals surface area contributed by atoms with Crippen LogP contribution < -0.4 is 20.1 Å². The van der Waals surface area contributed by atoms with E-state index in [1.807, 2.05) is 60.7 Å². The van der Waals surface area contributed by atoms with Crippen molar-refractivity contribution < 1.29 is 9.47 Å². The average Bonchev–Trinajstić information content (AvgIpc) is 2.68. The van der Waals surface area contributed by atoms with Crippen LogP contribution in [0.1, 0.15) is 0 Å². The number of thiocarbonyl (C=S) groups is 2. The fourth-order valence-corrected chi connectivity index (χ4v) is 3.91. The third kappa shape index (κ3) is 9.28. The van der Waals surface area contributed by atoms with Crippen molar-refractivity contribution in [1.82, 2.24) is 10.6 Å². The van der Waals surface area contributed by atoms with Crippen LogP contribution in [0.5, 0.6) is 11.5 Å². The molecule has 0 saturated carbocycles. The summed E-state index contributed by atoms with van der Waals surface area (Å²) < 4.78 is 12.5. The Bertz CT molecular complexity index is 612. The molecule has 0 bridgehead atoms. The van der Waals surface area contributed by atoms with Crippen molar-refractivity contribution in [2.75, 3.05) is 26.3 Å². The average molecular weight is 425 g/mol. The van der Waals surface area contributed by atoms with Gasteiger partial charge in [0, 0.05) is 0 Å². The predicted octanol–water partition coefficient (Wildman–Crippen LogP) is 4.27. The quantitative estimate of drug-likeness (QED) is 0.370. The summed E-state index contributed by atoms with van der Waals surface area (Å²) in [5.41, 5.74) is 0. The first kappa shape index (κ1) is 20.8. The zero-order chi connectivity index (χ0) is 18.5. The van der Waals surface area contributed by atoms with Gasteiger partial charge in [-0.1, -0.05) is 60.8 Å². The lowest BCUT2D eigenvalue weighted by molar-refractivity contribution is 0.323. The molecule has 2 N–H and O–H groups in total. The Labute approximate surface area is 172 Å². The number of hydrogen-bond donors (Lipinski definition) is 2. The van der Waals surface area contributed by atoms with E-state index >= 15 is 0 Å². The highest BCUT2D eigenvalue weighted by molar-refractivity contribution is 8.89. The standard InChI is InChI=1S/C18H20N2O2S4/c23-17(19-11-13-21-15-7-3-1-4-8-15)25-26-18(24)20-12-14-22-16-9-5-2-6-10-16/h1-10H,11-14H2,(H,19,23)(H,20,24). The van der Waals surface area contributed by atoms with Crippen LogP contribution in [0.4, 0.5) is 0 Å². The van der Waals surface area contributed by atoms with Crippen molar-refractivity contribution in [3.05, 3.63) is 60.7 Å². The van der Waals surface area contributed by atoms with Gasteiger partial charge in [0.2, 0.25) is 0 Å². The van der Waals surface area contributed by atoms with Crippen molar-refractivity contribution in [3.8, 4) is 11.5 Å². The lowest BCUT2D eigenvalue weighted by atomic mass is 10.3. The minimum Gasteiger partial charge on any atom is -0.492 e. The molecule has 2 aromatic carbocycles. The molecule has 138 valence electrons. The SMILES string of the molecule is S=C(NCCOc1ccccc1)SSC(=S)NCCOc1ccccc1. The van der Waals surface area contributed by atoms with Gasteiger partial charge in [0.25, 0.3) is 0 Å². The Morgan fingerprint density at radius 3 is 1.46 bits per heavy atom. The first-order valence-corrected chi connectivity index (χ1v) is 11.0. The number of hydrogen-bond acceptors (Lipinski definition) is 6. The molecule has 8 heteroatoms. The van der Waals surface area contributed by atoms with Gasteiger partial charge in [0.15, 0.2) is 0 Å². The van der Waals surface area contributed by atoms with E-state index in [2.05, 4.69) is 10.6 Å². The fourth-order valence-electron chi connectivity index (χ4n) is 1.81. The second-order valence-electron chi connectivity index (χ2n) is 4.92. The predicted molar refractivity (Wildman–Crippen MR) is 120 cm³/mol. The molecular weight excluding hydrogens is 404 g/mol. The van der Waals surface area contributed by atoms with Crippen molar-refractivity contribution in [1.29, 1.82) is 0 Å². The molecule has 4 nitrogen and oxygen atoms in total. The molecule has 2 aromatic rings. The van der Waals surface area contributed by atoms with Crippen molar-refractivity contribution in [3.63, 3.8) is 0 Å². The minimum atomic E-state index is 0.550. The monoisotopic (exact) mass is 424 g/mol. The molecule has 0 aliphatic heterocycles. The maximum atomic E-state index is 5.59. The minimum absolute atomic E-state index is 0.550. The third-order valence-electron chi connectivity index (χ3n) is 2.96. The van der Waals surface area contributed by atoms with Gasteiger partial charge in [-0.25, -0.2) is 0 Å². The van der Waals surface area contributed by atoms with Crippen LogP contribution in [-0.2, 0) is 0 Å². The van der Waals surface area contributed by atoms with Gasteiger partial charge in [-0.2, -0.15) is 0 Å². The van der Waals surface area contributed by atoms with Gasteiger partial charge in [-0.3, -0.25) is 0 Å². The molecule has 0 radical (unpaired) electrons. The van der Waals surface area contributed by atoms with Crippen LogP contribution in [0.15, 0.2) is 60.7 Å². The summed E-state index contributed by atoms with van der Waals surface area (Å²) in [4.78, 5) is 0. The van der Waals surface area contributed by atoms with Gasteiger partial charge in [-0.15, -0.1) is 0 Å². The summed E-state index contributed by atoms with van der Waals surface area (Å²) >= 11 is 10.5. The van der Waals surface area contributed by atoms with Crippen LogP contribution in [0.25, 0.3) is 0 Å². The first-order valence-electron chi connectivity index (χ1n) is 8.00. The molecule has 0 unspecified atom stereocenters. The Kier molecular flexibility index (Phi) is 10.3. The van der Waals surface area contributed by atoms with E-state index in [4.69, 9.17) is 33.9 Å². The Morgan fingerprint density at radius 2 is 1.08 bits per heavy atom. The summed E-state index contributed by atoms with van der Waals surface area (Å²) in [6.45, 7) is 2.39. The molecule has 0 heterocycles. The normalized spacial score (nSPS) is 10.0. The molecule has 0 aliphatic rings. The Morgan fingerprint density at radius 1 is 0.692 bits per heavy atom. The number of nitrogens with one attached hydrogen (secondary N) is 2. The molecule has 0 aromatic heterocycles. The van der Waals surface area contributed by atoms with Crippen molar-refractivity contribution in [2.24, 2.45) is 0 Å². The van der Waals surface area contributed by atoms with E-state index in [1.54, 1.807) is 0 Å². The number of ether oxygens (including phenoxy) is 2. The molecule has 0 atom stereocenters. The van der Waals surface area contributed by atoms with Crippen molar-refractivity contribution in [2.45, 2.75) is 0 Å². The van der Waals surface area contributed by atoms with Crippen LogP contribution in [0, 0.1) is 0 Å². The van der Waals surface area contributed by atoms with Crippen LogP contribution in [0.3, 0.4) is 0 Å². The first-order chi connectivity index (χ1) is 12.7. The highest BCUT2D eigenvalue weighted by Gasteiger charge is 2.03. The van der Waals surface area contributed by atoms with E-state index in [9.17, 15) is 0 Å². The summed E-state index contributed by atoms with van der Waals surface area (Å²) in [5.74, 6) is 1.70. The highest BCUT2D eigenvalue weighted by atomic mass is 33.1. The summed E-state index contributed by atoms with van der Waals surface area (Å²) in [5, 5.41) is 6.27. The smallest absolute Gasteiger partial charge is 0.144 e. The van der Waals surface area contributed by atoms with E-state index in [-0.39, 0.29) is 0 Å². The van der Waals surface area contributed by atoms with Gasteiger partial charge in [0.1, 0.15) is 33.4 Å². The topological polar surface area (TPSA) is 42.5 Å². The molecule has 26 heavy (non-hydrogen) atoms. The summed E-state index contributed by atoms with van der Waals surface area (Å²) in [7, 11) is 2.84. The molecule has 0 spiro atoms. The maximum absolute atomic E-state index is 5.59. The number of rotatable bonds is 8. The Balaban J connectivity index is 1.47. The third-order valence-corrected chi connectivity index (χ3v) is 6.31. The van der Waals surface area contributed by atoms with Gasteiger partial charge in [-0.05, 0) is 45.9 Å². The van der Waals surface area contributed by atoms with Gasteiger partial charge in [0.05, 0.1) is 13.1 Å². The molecule has 2 rings (SSSR count).